The summed E-state index contributed by atoms with van der Waals surface area (Å²) in [7, 11) is -0.711. The van der Waals surface area contributed by atoms with Gasteiger partial charge in [0.05, 0.1) is 5.92 Å². The van der Waals surface area contributed by atoms with Crippen LogP contribution in [0.2, 0.25) is 0 Å². The van der Waals surface area contributed by atoms with E-state index in [-0.39, 0.29) is 30.3 Å². The van der Waals surface area contributed by atoms with Gasteiger partial charge in [0.1, 0.15) is 0 Å². The highest BCUT2D eigenvalue weighted by atomic mass is 35.5. The average molecular weight is 295 g/mol. The number of hydrogen-bond acceptors (Lipinski definition) is 3. The number of carbonyl (C=O) groups excluding carboxylic acids is 1. The van der Waals surface area contributed by atoms with Gasteiger partial charge in [-0.05, 0) is 19.3 Å². The van der Waals surface area contributed by atoms with Gasteiger partial charge in [-0.3, -0.25) is 9.00 Å². The minimum Gasteiger partial charge on any atom is -0.353 e. The topological polar surface area (TPSA) is 58.2 Å². The average Bonchev–Trinajstić information content (AvgIpc) is 2.26. The van der Waals surface area contributed by atoms with Crippen molar-refractivity contribution in [1.29, 1.82) is 0 Å². The smallest absolute Gasteiger partial charge is 0.225 e. The van der Waals surface area contributed by atoms with Gasteiger partial charge in [-0.15, -0.1) is 12.4 Å². The van der Waals surface area contributed by atoms with Crippen molar-refractivity contribution < 1.29 is 9.00 Å². The lowest BCUT2D eigenvalue weighted by atomic mass is 9.93. The minimum atomic E-state index is -0.711. The highest BCUT2D eigenvalue weighted by molar-refractivity contribution is 7.85. The lowest BCUT2D eigenvalue weighted by molar-refractivity contribution is -0.127. The van der Waals surface area contributed by atoms with Crippen molar-refractivity contribution >= 4 is 29.1 Å². The van der Waals surface area contributed by atoms with Gasteiger partial charge in [0.15, 0.2) is 0 Å². The molecule has 3 atom stereocenters. The predicted octanol–water partition coefficient (Wildman–Crippen LogP) is 0.824. The molecule has 2 N–H and O–H groups in total. The van der Waals surface area contributed by atoms with Gasteiger partial charge >= 0.3 is 0 Å². The van der Waals surface area contributed by atoms with Gasteiger partial charge in [0, 0.05) is 40.9 Å². The van der Waals surface area contributed by atoms with Gasteiger partial charge in [0.2, 0.25) is 5.91 Å². The summed E-state index contributed by atoms with van der Waals surface area (Å²) in [6.07, 6.45) is 4.08. The van der Waals surface area contributed by atoms with Gasteiger partial charge in [-0.25, -0.2) is 0 Å². The fraction of sp³-hybridized carbons (Fsp3) is 0.917. The molecule has 0 bridgehead atoms. The molecule has 2 fully saturated rings. The highest BCUT2D eigenvalue weighted by Crippen LogP contribution is 2.23. The SMILES string of the molecule is CCS(=O)C1CCCC(NC(=O)C2CNC2)C1.Cl. The zero-order valence-electron chi connectivity index (χ0n) is 10.8. The Hall–Kier alpha value is -0.130. The summed E-state index contributed by atoms with van der Waals surface area (Å²) in [5, 5.41) is 6.51. The lowest BCUT2D eigenvalue weighted by Gasteiger charge is -2.32. The summed E-state index contributed by atoms with van der Waals surface area (Å²) in [5.41, 5.74) is 0. The number of halogens is 1. The van der Waals surface area contributed by atoms with Crippen LogP contribution in [0, 0.1) is 5.92 Å². The zero-order chi connectivity index (χ0) is 12.3. The molecule has 1 saturated heterocycles. The van der Waals surface area contributed by atoms with Gasteiger partial charge < -0.3 is 10.6 Å². The molecule has 18 heavy (non-hydrogen) atoms. The Labute approximate surface area is 118 Å². The van der Waals surface area contributed by atoms with Crippen LogP contribution in [0.5, 0.6) is 0 Å². The minimum absolute atomic E-state index is 0. The fourth-order valence-corrected chi connectivity index (χ4v) is 3.89. The van der Waals surface area contributed by atoms with Crippen LogP contribution in [0.15, 0.2) is 0 Å². The quantitative estimate of drug-likeness (QED) is 0.807. The van der Waals surface area contributed by atoms with E-state index in [4.69, 9.17) is 0 Å². The third-order valence-corrected chi connectivity index (χ3v) is 5.52. The number of hydrogen-bond donors (Lipinski definition) is 2. The van der Waals surface area contributed by atoms with Gasteiger partial charge in [0.25, 0.3) is 0 Å². The van der Waals surface area contributed by atoms with E-state index in [0.717, 1.165) is 44.5 Å². The molecule has 0 radical (unpaired) electrons. The van der Waals surface area contributed by atoms with Crippen LogP contribution in [0.1, 0.15) is 32.6 Å². The number of amides is 1. The summed E-state index contributed by atoms with van der Waals surface area (Å²) < 4.78 is 11.8. The second-order valence-corrected chi connectivity index (χ2v) is 7.02. The first-order valence-electron chi connectivity index (χ1n) is 6.59. The first kappa shape index (κ1) is 15.9. The van der Waals surface area contributed by atoms with Gasteiger partial charge in [-0.1, -0.05) is 13.3 Å². The number of carbonyl (C=O) groups is 1. The van der Waals surface area contributed by atoms with E-state index >= 15 is 0 Å². The van der Waals surface area contributed by atoms with Crippen molar-refractivity contribution in [3.8, 4) is 0 Å². The van der Waals surface area contributed by atoms with Crippen molar-refractivity contribution in [3.05, 3.63) is 0 Å². The number of rotatable bonds is 4. The molecule has 0 spiro atoms. The van der Waals surface area contributed by atoms with E-state index in [9.17, 15) is 9.00 Å². The van der Waals surface area contributed by atoms with Crippen LogP contribution in [-0.4, -0.2) is 40.3 Å². The molecule has 0 aromatic heterocycles. The summed E-state index contributed by atoms with van der Waals surface area (Å²) in [4.78, 5) is 11.8. The van der Waals surface area contributed by atoms with Crippen LogP contribution in [0.3, 0.4) is 0 Å². The van der Waals surface area contributed by atoms with Crippen LogP contribution < -0.4 is 10.6 Å². The monoisotopic (exact) mass is 294 g/mol. The Kier molecular flexibility index (Phi) is 6.60. The molecule has 4 nitrogen and oxygen atoms in total. The maximum Gasteiger partial charge on any atom is 0.225 e. The Morgan fingerprint density at radius 1 is 1.39 bits per heavy atom. The lowest BCUT2D eigenvalue weighted by Crippen LogP contribution is -2.53. The second-order valence-electron chi connectivity index (χ2n) is 5.02. The van der Waals surface area contributed by atoms with Crippen LogP contribution in [0.4, 0.5) is 0 Å². The van der Waals surface area contributed by atoms with Crippen molar-refractivity contribution in [3.63, 3.8) is 0 Å². The van der Waals surface area contributed by atoms with E-state index in [2.05, 4.69) is 10.6 Å². The molecule has 0 aromatic carbocycles. The normalized spacial score (nSPS) is 29.8. The molecule has 3 unspecified atom stereocenters. The van der Waals surface area contributed by atoms with Crippen molar-refractivity contribution in [2.45, 2.75) is 43.9 Å². The molecule has 106 valence electrons. The Balaban J connectivity index is 0.00000162. The van der Waals surface area contributed by atoms with Crippen molar-refractivity contribution in [2.24, 2.45) is 5.92 Å². The largest absolute Gasteiger partial charge is 0.353 e. The predicted molar refractivity (Wildman–Crippen MR) is 76.5 cm³/mol. The molecule has 0 aromatic rings. The first-order chi connectivity index (χ1) is 8.20. The second kappa shape index (κ2) is 7.46. The Bertz CT molecular complexity index is 310. The van der Waals surface area contributed by atoms with Crippen LogP contribution >= 0.6 is 12.4 Å². The summed E-state index contributed by atoms with van der Waals surface area (Å²) in [6, 6.07) is 0.248. The summed E-state index contributed by atoms with van der Waals surface area (Å²) in [6.45, 7) is 3.59. The molecule has 1 aliphatic carbocycles. The van der Waals surface area contributed by atoms with E-state index in [0.29, 0.717) is 5.25 Å². The van der Waals surface area contributed by atoms with E-state index in [1.807, 2.05) is 6.92 Å². The third kappa shape index (κ3) is 3.93. The van der Waals surface area contributed by atoms with E-state index in [1.54, 1.807) is 0 Å². The maximum atomic E-state index is 11.8. The maximum absolute atomic E-state index is 11.8. The van der Waals surface area contributed by atoms with E-state index < -0.39 is 10.8 Å². The highest BCUT2D eigenvalue weighted by Gasteiger charge is 2.30. The molecular formula is C12H23ClN2O2S. The van der Waals surface area contributed by atoms with Crippen molar-refractivity contribution in [2.75, 3.05) is 18.8 Å². The van der Waals surface area contributed by atoms with Crippen LogP contribution in [0.25, 0.3) is 0 Å². The molecule has 6 heteroatoms. The first-order valence-corrected chi connectivity index (χ1v) is 7.97. The number of nitrogens with one attached hydrogen (secondary N) is 2. The Morgan fingerprint density at radius 3 is 2.67 bits per heavy atom. The molecular weight excluding hydrogens is 272 g/mol. The molecule has 2 rings (SSSR count). The fourth-order valence-electron chi connectivity index (χ4n) is 2.54. The standard InChI is InChI=1S/C12H22N2O2S.ClH/c1-2-17(16)11-5-3-4-10(6-11)14-12(15)9-7-13-8-9;/h9-11,13H,2-8H2,1H3,(H,14,15);1H. The molecule has 1 aliphatic heterocycles. The zero-order valence-corrected chi connectivity index (χ0v) is 12.4. The van der Waals surface area contributed by atoms with E-state index in [1.165, 1.54) is 0 Å². The van der Waals surface area contributed by atoms with Crippen molar-refractivity contribution in [1.82, 2.24) is 10.6 Å². The Morgan fingerprint density at radius 2 is 2.11 bits per heavy atom. The summed E-state index contributed by atoms with van der Waals surface area (Å²) >= 11 is 0. The molecule has 1 amide bonds. The third-order valence-electron chi connectivity index (χ3n) is 3.78. The molecule has 1 heterocycles. The molecule has 1 saturated carbocycles. The van der Waals surface area contributed by atoms with Gasteiger partial charge in [-0.2, -0.15) is 0 Å². The molecule has 2 aliphatic rings. The summed E-state index contributed by atoms with van der Waals surface area (Å²) in [5.74, 6) is 1.07. The van der Waals surface area contributed by atoms with Crippen LogP contribution in [-0.2, 0) is 15.6 Å².